The first kappa shape index (κ1) is 27.0. The molecule has 1 aliphatic carbocycles. The number of alkyl halides is 6. The van der Waals surface area contributed by atoms with Crippen molar-refractivity contribution in [3.8, 4) is 0 Å². The van der Waals surface area contributed by atoms with Crippen molar-refractivity contribution in [3.05, 3.63) is 69.8 Å². The number of hydrogen-bond donors (Lipinski definition) is 2. The topological polar surface area (TPSA) is 83.5 Å². The standard InChI is InChI=1S/C25H21F6NO4/c26-24(27,28)17-10-14(11-18(13-17)25(29,30)31)9-16-6-5-15-12-19(7-8-20(15)23(16)36)32-21(33)3-1-2-4-22(34)35/h7-13H,1-6H2,(H,32,33)(H,34,35)/b16-9+. The fourth-order valence-corrected chi connectivity index (χ4v) is 3.84. The zero-order chi connectivity index (χ0) is 26.7. The number of aryl methyl sites for hydroxylation is 1. The van der Waals surface area contributed by atoms with E-state index < -0.39 is 35.2 Å². The number of rotatable bonds is 7. The van der Waals surface area contributed by atoms with Gasteiger partial charge in [-0.3, -0.25) is 14.4 Å². The van der Waals surface area contributed by atoms with E-state index in [0.29, 0.717) is 42.6 Å². The second-order valence-electron chi connectivity index (χ2n) is 8.36. The first-order valence-electron chi connectivity index (χ1n) is 10.9. The van der Waals surface area contributed by atoms with Gasteiger partial charge in [0, 0.05) is 29.7 Å². The zero-order valence-corrected chi connectivity index (χ0v) is 18.7. The molecule has 0 aliphatic heterocycles. The van der Waals surface area contributed by atoms with Crippen LogP contribution < -0.4 is 5.32 Å². The van der Waals surface area contributed by atoms with Gasteiger partial charge in [0.05, 0.1) is 11.1 Å². The lowest BCUT2D eigenvalue weighted by Crippen LogP contribution is -2.16. The number of carbonyl (C=O) groups excluding carboxylic acids is 2. The van der Waals surface area contributed by atoms with Gasteiger partial charge in [-0.1, -0.05) is 0 Å². The van der Waals surface area contributed by atoms with E-state index in [4.69, 9.17) is 5.11 Å². The van der Waals surface area contributed by atoms with Crippen LogP contribution in [0.15, 0.2) is 42.0 Å². The number of benzene rings is 2. The third-order valence-electron chi connectivity index (χ3n) is 5.58. The summed E-state index contributed by atoms with van der Waals surface area (Å²) in [5.41, 5.74) is -1.98. The fraction of sp³-hybridized carbons (Fsp3) is 0.320. The van der Waals surface area contributed by atoms with Gasteiger partial charge in [0.2, 0.25) is 5.91 Å². The Labute approximate surface area is 201 Å². The van der Waals surface area contributed by atoms with E-state index in [1.54, 1.807) is 6.07 Å². The van der Waals surface area contributed by atoms with E-state index >= 15 is 0 Å². The van der Waals surface area contributed by atoms with Crippen molar-refractivity contribution in [2.45, 2.75) is 50.9 Å². The van der Waals surface area contributed by atoms with Gasteiger partial charge < -0.3 is 10.4 Å². The number of carboxylic acid groups (broad SMARTS) is 1. The molecule has 2 aromatic carbocycles. The zero-order valence-electron chi connectivity index (χ0n) is 18.7. The number of carbonyl (C=O) groups is 3. The van der Waals surface area contributed by atoms with E-state index in [9.17, 15) is 40.7 Å². The number of ketones is 1. The van der Waals surface area contributed by atoms with Crippen LogP contribution in [-0.2, 0) is 28.4 Å². The van der Waals surface area contributed by atoms with Crippen LogP contribution in [0.3, 0.4) is 0 Å². The molecule has 2 aromatic rings. The van der Waals surface area contributed by atoms with E-state index in [1.165, 1.54) is 12.1 Å². The number of carboxylic acids is 1. The predicted octanol–water partition coefficient (Wildman–Crippen LogP) is 6.52. The second-order valence-corrected chi connectivity index (χ2v) is 8.36. The van der Waals surface area contributed by atoms with Crippen LogP contribution in [0.25, 0.3) is 6.08 Å². The third-order valence-corrected chi connectivity index (χ3v) is 5.58. The fourth-order valence-electron chi connectivity index (χ4n) is 3.84. The Balaban J connectivity index is 1.78. The summed E-state index contributed by atoms with van der Waals surface area (Å²) in [7, 11) is 0. The summed E-state index contributed by atoms with van der Waals surface area (Å²) >= 11 is 0. The molecule has 11 heteroatoms. The summed E-state index contributed by atoms with van der Waals surface area (Å²) < 4.78 is 78.8. The molecule has 0 atom stereocenters. The smallest absolute Gasteiger partial charge is 0.416 e. The molecule has 0 radical (unpaired) electrons. The Morgan fingerprint density at radius 2 is 1.50 bits per heavy atom. The minimum Gasteiger partial charge on any atom is -0.481 e. The van der Waals surface area contributed by atoms with Crippen molar-refractivity contribution in [3.63, 3.8) is 0 Å². The quantitative estimate of drug-likeness (QED) is 0.251. The molecular formula is C25H21F6NO4. The van der Waals surface area contributed by atoms with Gasteiger partial charge in [-0.25, -0.2) is 0 Å². The summed E-state index contributed by atoms with van der Waals surface area (Å²) in [6, 6.07) is 5.67. The van der Waals surface area contributed by atoms with Crippen molar-refractivity contribution >= 4 is 29.4 Å². The minimum absolute atomic E-state index is 0.0297. The molecule has 0 bridgehead atoms. The van der Waals surface area contributed by atoms with Gasteiger partial charge in [0.1, 0.15) is 0 Å². The molecule has 2 N–H and O–H groups in total. The van der Waals surface area contributed by atoms with Crippen molar-refractivity contribution in [2.24, 2.45) is 0 Å². The molecule has 36 heavy (non-hydrogen) atoms. The van der Waals surface area contributed by atoms with Crippen LogP contribution >= 0.6 is 0 Å². The number of amides is 1. The largest absolute Gasteiger partial charge is 0.481 e. The highest BCUT2D eigenvalue weighted by atomic mass is 19.4. The average molecular weight is 513 g/mol. The van der Waals surface area contributed by atoms with Crippen LogP contribution in [0.2, 0.25) is 0 Å². The Bertz CT molecular complexity index is 1180. The first-order chi connectivity index (χ1) is 16.7. The summed E-state index contributed by atoms with van der Waals surface area (Å²) in [5.74, 6) is -1.79. The number of Topliss-reactive ketones (excluding diaryl/α,β-unsaturated/α-hetero) is 1. The van der Waals surface area contributed by atoms with E-state index in [2.05, 4.69) is 5.32 Å². The lowest BCUT2D eigenvalue weighted by atomic mass is 9.85. The molecule has 0 saturated carbocycles. The summed E-state index contributed by atoms with van der Waals surface area (Å²) in [6.45, 7) is 0. The Morgan fingerprint density at radius 1 is 0.889 bits per heavy atom. The van der Waals surface area contributed by atoms with Crippen molar-refractivity contribution < 1.29 is 45.8 Å². The number of fused-ring (bicyclic) bond motifs is 1. The van der Waals surface area contributed by atoms with Gasteiger partial charge in [0.25, 0.3) is 0 Å². The van der Waals surface area contributed by atoms with Crippen LogP contribution in [0.4, 0.5) is 32.0 Å². The molecule has 0 aromatic heterocycles. The van der Waals surface area contributed by atoms with Crippen LogP contribution in [0.5, 0.6) is 0 Å². The highest BCUT2D eigenvalue weighted by molar-refractivity contribution is 6.13. The average Bonchev–Trinajstić information content (AvgIpc) is 2.77. The number of unbranched alkanes of at least 4 members (excludes halogenated alkanes) is 1. The molecule has 0 unspecified atom stereocenters. The number of allylic oxidation sites excluding steroid dienone is 1. The van der Waals surface area contributed by atoms with E-state index in [-0.39, 0.29) is 47.9 Å². The molecule has 5 nitrogen and oxygen atoms in total. The predicted molar refractivity (Wildman–Crippen MR) is 118 cm³/mol. The highest BCUT2D eigenvalue weighted by Gasteiger charge is 2.37. The maximum atomic E-state index is 13.1. The van der Waals surface area contributed by atoms with Crippen molar-refractivity contribution in [1.82, 2.24) is 0 Å². The van der Waals surface area contributed by atoms with Crippen LogP contribution in [-0.4, -0.2) is 22.8 Å². The Kier molecular flexibility index (Phi) is 7.90. The number of hydrogen-bond acceptors (Lipinski definition) is 3. The van der Waals surface area contributed by atoms with Gasteiger partial charge >= 0.3 is 18.3 Å². The van der Waals surface area contributed by atoms with Gasteiger partial charge in [-0.2, -0.15) is 26.3 Å². The highest BCUT2D eigenvalue weighted by Crippen LogP contribution is 2.37. The summed E-state index contributed by atoms with van der Waals surface area (Å²) in [4.78, 5) is 35.5. The molecule has 192 valence electrons. The maximum absolute atomic E-state index is 13.1. The van der Waals surface area contributed by atoms with Gasteiger partial charge in [-0.05, 0) is 79.3 Å². The van der Waals surface area contributed by atoms with E-state index in [0.717, 1.165) is 6.08 Å². The van der Waals surface area contributed by atoms with Crippen LogP contribution in [0, 0.1) is 0 Å². The lowest BCUT2D eigenvalue weighted by Gasteiger charge is -2.19. The second kappa shape index (κ2) is 10.5. The summed E-state index contributed by atoms with van der Waals surface area (Å²) in [5, 5.41) is 11.3. The normalized spacial score (nSPS) is 15.1. The van der Waals surface area contributed by atoms with Crippen molar-refractivity contribution in [2.75, 3.05) is 5.32 Å². The molecule has 3 rings (SSSR count). The number of halogens is 6. The van der Waals surface area contributed by atoms with Crippen LogP contribution in [0.1, 0.15) is 64.7 Å². The number of anilines is 1. The molecule has 0 heterocycles. The van der Waals surface area contributed by atoms with E-state index in [1.807, 2.05) is 0 Å². The molecule has 1 amide bonds. The molecule has 0 spiro atoms. The molecule has 0 saturated heterocycles. The Hall–Kier alpha value is -3.63. The monoisotopic (exact) mass is 513 g/mol. The maximum Gasteiger partial charge on any atom is 0.416 e. The van der Waals surface area contributed by atoms with Crippen molar-refractivity contribution in [1.29, 1.82) is 0 Å². The number of nitrogens with one attached hydrogen (secondary N) is 1. The summed E-state index contributed by atoms with van der Waals surface area (Å²) in [6.07, 6.45) is -7.73. The lowest BCUT2D eigenvalue weighted by molar-refractivity contribution is -0.143. The SMILES string of the molecule is O=C(O)CCCCC(=O)Nc1ccc2c(c1)CC/C(=C\c1cc(C(F)(F)F)cc(C(F)(F)F)c1)C2=O. The third kappa shape index (κ3) is 6.96. The molecule has 0 fully saturated rings. The minimum atomic E-state index is -4.99. The molecular weight excluding hydrogens is 492 g/mol. The van der Waals surface area contributed by atoms with Gasteiger partial charge in [0.15, 0.2) is 5.78 Å². The number of aliphatic carboxylic acids is 1. The van der Waals surface area contributed by atoms with Gasteiger partial charge in [-0.15, -0.1) is 0 Å². The first-order valence-corrected chi connectivity index (χ1v) is 10.9. The Morgan fingerprint density at radius 3 is 2.08 bits per heavy atom. The molecule has 1 aliphatic rings.